The fourth-order valence-electron chi connectivity index (χ4n) is 10.1. The summed E-state index contributed by atoms with van der Waals surface area (Å²) >= 11 is 0. The first-order chi connectivity index (χ1) is 38.2. The summed E-state index contributed by atoms with van der Waals surface area (Å²) in [5.74, 6) is 1.97. The van der Waals surface area contributed by atoms with Crippen molar-refractivity contribution >= 4 is 40.9 Å². The van der Waals surface area contributed by atoms with Crippen LogP contribution in [0.3, 0.4) is 0 Å². The highest BCUT2D eigenvalue weighted by molar-refractivity contribution is 6.05. The third kappa shape index (κ3) is 14.7. The van der Waals surface area contributed by atoms with Gasteiger partial charge in [-0.1, -0.05) is 18.9 Å². The van der Waals surface area contributed by atoms with Crippen LogP contribution in [0.2, 0.25) is 0 Å². The molecule has 78 heavy (non-hydrogen) atoms. The maximum absolute atomic E-state index is 13.5. The second-order valence-electron chi connectivity index (χ2n) is 19.9. The lowest BCUT2D eigenvalue weighted by atomic mass is 9.99. The number of imide groups is 1. The van der Waals surface area contributed by atoms with Gasteiger partial charge in [0.25, 0.3) is 11.8 Å². The van der Waals surface area contributed by atoms with Crippen LogP contribution in [0.15, 0.2) is 79.3 Å². The van der Waals surface area contributed by atoms with Gasteiger partial charge < -0.3 is 53.6 Å². The van der Waals surface area contributed by atoms with Crippen LogP contribution in [0.5, 0.6) is 11.5 Å². The number of carbonyl (C=O) groups excluding carboxylic acids is 5. The molecular weight excluding hydrogens is 999 g/mol. The standard InChI is InChI=1S/C57H71N11O10/c1-65-51(63-64-54(65)48-19-21-58-39-60-48)37-59-42-11-9-10-40(34-42)55(71)61-47-20-29-78-50-17-14-44(36-46(47)50)77-28-8-3-2-6-26-74-30-32-76-33-31-75-27-7-4-5-12-53(70)67-24-22-66(23-25-67)43-13-15-45-41(35-43)38-68(57(45)73)49-16-18-52(69)62-56(49)72/h9-11,13-15,17,19,21,34-36,39,47,49,59H,2-8,12,16,18,20,22-33,37-38H2,1H3,(H,61,71)(H,62,69,72)/t47-,49?/m1/s1. The number of piperidine rings is 1. The van der Waals surface area contributed by atoms with Crippen molar-refractivity contribution in [1.82, 2.24) is 45.2 Å². The van der Waals surface area contributed by atoms with Gasteiger partial charge in [-0.05, 0) is 105 Å². The Hall–Kier alpha value is -7.49. The smallest absolute Gasteiger partial charge is 0.255 e. The normalized spacial score (nSPS) is 17.1. The fraction of sp³-hybridized carbons (Fsp3) is 0.491. The number of ether oxygens (including phenoxy) is 5. The Morgan fingerprint density at radius 2 is 1.56 bits per heavy atom. The fourth-order valence-corrected chi connectivity index (χ4v) is 10.1. The number of hydrogen-bond donors (Lipinski definition) is 3. The number of amides is 5. The molecule has 0 bridgehead atoms. The van der Waals surface area contributed by atoms with E-state index >= 15 is 0 Å². The molecule has 0 radical (unpaired) electrons. The van der Waals surface area contributed by atoms with E-state index < -0.39 is 11.9 Å². The predicted octanol–water partition coefficient (Wildman–Crippen LogP) is 5.80. The zero-order valence-electron chi connectivity index (χ0n) is 44.5. The summed E-state index contributed by atoms with van der Waals surface area (Å²) in [5.41, 5.74) is 5.39. The van der Waals surface area contributed by atoms with Crippen LogP contribution in [-0.4, -0.2) is 149 Å². The predicted molar refractivity (Wildman–Crippen MR) is 289 cm³/mol. The molecule has 2 aromatic heterocycles. The Balaban J connectivity index is 0.555. The summed E-state index contributed by atoms with van der Waals surface area (Å²) in [6.07, 6.45) is 11.5. The second-order valence-corrected chi connectivity index (χ2v) is 19.9. The van der Waals surface area contributed by atoms with Crippen LogP contribution in [-0.2, 0) is 48.7 Å². The van der Waals surface area contributed by atoms with Crippen molar-refractivity contribution in [2.75, 3.05) is 89.3 Å². The van der Waals surface area contributed by atoms with Crippen LogP contribution >= 0.6 is 0 Å². The first-order valence-electron chi connectivity index (χ1n) is 27.4. The lowest BCUT2D eigenvalue weighted by Crippen LogP contribution is -2.52. The van der Waals surface area contributed by atoms with Crippen LogP contribution in [0.25, 0.3) is 11.5 Å². The molecule has 0 spiro atoms. The van der Waals surface area contributed by atoms with E-state index in [4.69, 9.17) is 23.7 Å². The number of benzene rings is 3. The maximum Gasteiger partial charge on any atom is 0.255 e. The first-order valence-corrected chi connectivity index (χ1v) is 27.4. The van der Waals surface area contributed by atoms with Gasteiger partial charge >= 0.3 is 0 Å². The molecule has 5 aromatic rings. The van der Waals surface area contributed by atoms with E-state index in [9.17, 15) is 24.0 Å². The number of nitrogens with zero attached hydrogens (tertiary/aromatic N) is 8. The lowest BCUT2D eigenvalue weighted by molar-refractivity contribution is -0.137. The molecule has 9 rings (SSSR count). The Morgan fingerprint density at radius 1 is 0.795 bits per heavy atom. The maximum atomic E-state index is 13.5. The van der Waals surface area contributed by atoms with E-state index in [1.807, 2.05) is 71.1 Å². The number of rotatable bonds is 28. The number of unbranched alkanes of at least 4 members (excludes halogenated alkanes) is 5. The number of aromatic nitrogens is 5. The van der Waals surface area contributed by atoms with Crippen molar-refractivity contribution in [3.05, 3.63) is 107 Å². The van der Waals surface area contributed by atoms with Gasteiger partial charge in [0.05, 0.1) is 52.2 Å². The largest absolute Gasteiger partial charge is 0.494 e. The molecule has 3 aromatic carbocycles. The highest BCUT2D eigenvalue weighted by Crippen LogP contribution is 2.36. The lowest BCUT2D eigenvalue weighted by Gasteiger charge is -2.36. The van der Waals surface area contributed by atoms with Gasteiger partial charge in [0.1, 0.15) is 29.6 Å². The molecule has 5 amide bonds. The number of hydrogen-bond acceptors (Lipinski definition) is 16. The quantitative estimate of drug-likeness (QED) is 0.0397. The molecule has 6 heterocycles. The molecule has 0 aliphatic carbocycles. The highest BCUT2D eigenvalue weighted by Gasteiger charge is 2.39. The summed E-state index contributed by atoms with van der Waals surface area (Å²) in [4.78, 5) is 77.6. The average Bonchev–Trinajstić information content (AvgIpc) is 4.08. The summed E-state index contributed by atoms with van der Waals surface area (Å²) < 4.78 is 31.1. The molecule has 4 aliphatic rings. The van der Waals surface area contributed by atoms with Crippen molar-refractivity contribution in [1.29, 1.82) is 0 Å². The Morgan fingerprint density at radius 3 is 2.33 bits per heavy atom. The van der Waals surface area contributed by atoms with E-state index in [0.717, 1.165) is 84.8 Å². The molecule has 414 valence electrons. The van der Waals surface area contributed by atoms with Gasteiger partial charge in [-0.25, -0.2) is 9.97 Å². The summed E-state index contributed by atoms with van der Waals surface area (Å²) in [6, 6.07) is 19.9. The third-order valence-corrected chi connectivity index (χ3v) is 14.6. The molecular formula is C57H71N11O10. The molecule has 3 N–H and O–H groups in total. The van der Waals surface area contributed by atoms with Crippen LogP contribution in [0, 0.1) is 0 Å². The van der Waals surface area contributed by atoms with E-state index in [-0.39, 0.29) is 36.1 Å². The first kappa shape index (κ1) is 55.3. The molecule has 0 saturated carbocycles. The number of carbonyl (C=O) groups is 5. The van der Waals surface area contributed by atoms with Gasteiger partial charge in [0.2, 0.25) is 17.7 Å². The number of nitrogens with one attached hydrogen (secondary N) is 3. The Labute approximate surface area is 454 Å². The molecule has 2 saturated heterocycles. The van der Waals surface area contributed by atoms with Crippen molar-refractivity contribution in [3.63, 3.8) is 0 Å². The van der Waals surface area contributed by atoms with Gasteiger partial charge in [-0.3, -0.25) is 29.3 Å². The van der Waals surface area contributed by atoms with E-state index in [1.54, 1.807) is 23.2 Å². The Kier molecular flexibility index (Phi) is 19.6. The highest BCUT2D eigenvalue weighted by atomic mass is 16.5. The topological polar surface area (TPSA) is 234 Å². The van der Waals surface area contributed by atoms with Crippen molar-refractivity contribution in [3.8, 4) is 23.0 Å². The number of piperazine rings is 1. The van der Waals surface area contributed by atoms with E-state index in [2.05, 4.69) is 41.0 Å². The van der Waals surface area contributed by atoms with Gasteiger partial charge in [0, 0.05) is 107 Å². The van der Waals surface area contributed by atoms with Gasteiger partial charge in [-0.2, -0.15) is 0 Å². The van der Waals surface area contributed by atoms with Crippen molar-refractivity contribution < 1.29 is 47.7 Å². The van der Waals surface area contributed by atoms with Crippen molar-refractivity contribution in [2.24, 2.45) is 7.05 Å². The van der Waals surface area contributed by atoms with Crippen LogP contribution in [0.4, 0.5) is 11.4 Å². The minimum absolute atomic E-state index is 0.175. The zero-order chi connectivity index (χ0) is 54.1. The average molecular weight is 1070 g/mol. The monoisotopic (exact) mass is 1070 g/mol. The molecule has 21 heteroatoms. The molecule has 1 unspecified atom stereocenters. The zero-order valence-corrected chi connectivity index (χ0v) is 44.5. The minimum atomic E-state index is -0.633. The van der Waals surface area contributed by atoms with E-state index in [0.29, 0.717) is 134 Å². The molecule has 4 aliphatic heterocycles. The number of fused-ring (bicyclic) bond motifs is 2. The van der Waals surface area contributed by atoms with Gasteiger partial charge in [-0.15, -0.1) is 10.2 Å². The SMILES string of the molecule is Cn1c(CNc2cccc(C(=O)N[C@@H]3CCOc4ccc(OCCCCCCOCCOCCOCCCCCC(=O)N5CCN(c6ccc7c(c6)CN(C6CCC(=O)NC6=O)C7=O)CC5)cc43)c2)nnc1-c1ccncn1. The van der Waals surface area contributed by atoms with Crippen LogP contribution in [0.1, 0.15) is 114 Å². The van der Waals surface area contributed by atoms with Crippen molar-refractivity contribution in [2.45, 2.75) is 95.8 Å². The third-order valence-electron chi connectivity index (χ3n) is 14.6. The Bertz CT molecular complexity index is 2840. The molecule has 2 fully saturated rings. The van der Waals surface area contributed by atoms with E-state index in [1.165, 1.54) is 6.33 Å². The summed E-state index contributed by atoms with van der Waals surface area (Å²) in [7, 11) is 1.89. The number of anilines is 2. The summed E-state index contributed by atoms with van der Waals surface area (Å²) in [5, 5.41) is 17.5. The second kappa shape index (κ2) is 27.7. The van der Waals surface area contributed by atoms with Gasteiger partial charge in [0.15, 0.2) is 11.6 Å². The molecule has 21 nitrogen and oxygen atoms in total. The molecule has 2 atom stereocenters. The van der Waals surface area contributed by atoms with Crippen LogP contribution < -0.4 is 30.3 Å². The summed E-state index contributed by atoms with van der Waals surface area (Å²) in [6.45, 7) is 7.97. The minimum Gasteiger partial charge on any atom is -0.494 e.